The number of benzene rings is 1. The van der Waals surface area contributed by atoms with Crippen LogP contribution in [0, 0.1) is 0 Å². The van der Waals surface area contributed by atoms with Crippen molar-refractivity contribution in [2.45, 2.75) is 0 Å². The number of hydrogen-bond acceptors (Lipinski definition) is 2. The molecular formula is C11H6BrClO2. The molecule has 0 aliphatic heterocycles. The van der Waals surface area contributed by atoms with Gasteiger partial charge in [-0.15, -0.1) is 0 Å². The summed E-state index contributed by atoms with van der Waals surface area (Å²) >= 11 is 8.65. The van der Waals surface area contributed by atoms with Crippen LogP contribution in [0.3, 0.4) is 0 Å². The van der Waals surface area contributed by atoms with Gasteiger partial charge in [-0.3, -0.25) is 4.79 Å². The zero-order valence-electron chi connectivity index (χ0n) is 7.54. The summed E-state index contributed by atoms with van der Waals surface area (Å²) in [6.07, 6.45) is 0. The highest BCUT2D eigenvalue weighted by molar-refractivity contribution is 9.10. The first kappa shape index (κ1) is 10.5. The monoisotopic (exact) mass is 284 g/mol. The van der Waals surface area contributed by atoms with E-state index in [1.165, 1.54) is 0 Å². The summed E-state index contributed by atoms with van der Waals surface area (Å²) in [4.78, 5) is 10.8. The topological polar surface area (TPSA) is 30.2 Å². The summed E-state index contributed by atoms with van der Waals surface area (Å²) in [7, 11) is 0. The molecule has 2 aromatic rings. The highest BCUT2D eigenvalue weighted by Gasteiger charge is 2.09. The molecule has 1 aromatic carbocycles. The average molecular weight is 286 g/mol. The Morgan fingerprint density at radius 3 is 2.67 bits per heavy atom. The minimum atomic E-state index is -0.587. The van der Waals surface area contributed by atoms with Gasteiger partial charge in [0.05, 0.1) is 0 Å². The highest BCUT2D eigenvalue weighted by atomic mass is 79.9. The lowest BCUT2D eigenvalue weighted by Crippen LogP contribution is -1.81. The molecule has 2 nitrogen and oxygen atoms in total. The molecule has 15 heavy (non-hydrogen) atoms. The standard InChI is InChI=1S/C11H6BrClO2/c12-8-3-1-2-7(6-8)9-4-5-10(15-9)11(13)14/h1-6H. The largest absolute Gasteiger partial charge is 0.452 e. The SMILES string of the molecule is O=C(Cl)c1ccc(-c2cccc(Br)c2)o1. The number of furan rings is 1. The highest BCUT2D eigenvalue weighted by Crippen LogP contribution is 2.25. The normalized spacial score (nSPS) is 10.3. The fraction of sp³-hybridized carbons (Fsp3) is 0. The molecule has 1 heterocycles. The van der Waals surface area contributed by atoms with E-state index in [4.69, 9.17) is 16.0 Å². The van der Waals surface area contributed by atoms with Gasteiger partial charge in [-0.05, 0) is 35.9 Å². The smallest absolute Gasteiger partial charge is 0.287 e. The first-order chi connectivity index (χ1) is 7.16. The summed E-state index contributed by atoms with van der Waals surface area (Å²) in [6.45, 7) is 0. The van der Waals surface area contributed by atoms with E-state index in [-0.39, 0.29) is 5.76 Å². The molecule has 76 valence electrons. The molecule has 0 bridgehead atoms. The van der Waals surface area contributed by atoms with E-state index in [0.717, 1.165) is 10.0 Å². The van der Waals surface area contributed by atoms with Crippen LogP contribution in [0.2, 0.25) is 0 Å². The number of halogens is 2. The van der Waals surface area contributed by atoms with Gasteiger partial charge in [-0.1, -0.05) is 28.1 Å². The zero-order chi connectivity index (χ0) is 10.8. The molecule has 0 spiro atoms. The molecule has 0 saturated carbocycles. The van der Waals surface area contributed by atoms with Crippen LogP contribution in [0.15, 0.2) is 45.3 Å². The summed E-state index contributed by atoms with van der Waals surface area (Å²) in [5, 5.41) is -0.587. The average Bonchev–Trinajstić information content (AvgIpc) is 2.66. The van der Waals surface area contributed by atoms with Crippen molar-refractivity contribution in [3.8, 4) is 11.3 Å². The molecule has 0 aliphatic carbocycles. The maximum Gasteiger partial charge on any atom is 0.287 e. The third-order valence-electron chi connectivity index (χ3n) is 1.91. The van der Waals surface area contributed by atoms with Gasteiger partial charge in [0.15, 0.2) is 5.76 Å². The van der Waals surface area contributed by atoms with Crippen molar-refractivity contribution in [3.63, 3.8) is 0 Å². The molecule has 0 fully saturated rings. The molecule has 0 saturated heterocycles. The maximum absolute atomic E-state index is 10.8. The van der Waals surface area contributed by atoms with Gasteiger partial charge in [0, 0.05) is 10.0 Å². The Morgan fingerprint density at radius 1 is 1.27 bits per heavy atom. The third-order valence-corrected chi connectivity index (χ3v) is 2.59. The summed E-state index contributed by atoms with van der Waals surface area (Å²) in [5.41, 5.74) is 0.897. The van der Waals surface area contributed by atoms with Crippen LogP contribution in [0.1, 0.15) is 10.6 Å². The predicted molar refractivity (Wildman–Crippen MR) is 62.0 cm³/mol. The van der Waals surface area contributed by atoms with Crippen molar-refractivity contribution in [3.05, 3.63) is 46.6 Å². The molecule has 2 rings (SSSR count). The van der Waals surface area contributed by atoms with Crippen molar-refractivity contribution in [2.75, 3.05) is 0 Å². The van der Waals surface area contributed by atoms with Crippen molar-refractivity contribution in [1.29, 1.82) is 0 Å². The fourth-order valence-corrected chi connectivity index (χ4v) is 1.74. The van der Waals surface area contributed by atoms with E-state index >= 15 is 0 Å². The van der Waals surface area contributed by atoms with Crippen LogP contribution in [0.25, 0.3) is 11.3 Å². The number of carbonyl (C=O) groups excluding carboxylic acids is 1. The lowest BCUT2D eigenvalue weighted by atomic mass is 10.2. The minimum Gasteiger partial charge on any atom is -0.452 e. The summed E-state index contributed by atoms with van der Waals surface area (Å²) < 4.78 is 6.24. The van der Waals surface area contributed by atoms with Gasteiger partial charge < -0.3 is 4.42 Å². The Bertz CT molecular complexity index is 505. The van der Waals surface area contributed by atoms with Crippen LogP contribution in [0.5, 0.6) is 0 Å². The van der Waals surface area contributed by atoms with Gasteiger partial charge in [0.25, 0.3) is 5.24 Å². The second kappa shape index (κ2) is 4.21. The fourth-order valence-electron chi connectivity index (χ4n) is 1.24. The lowest BCUT2D eigenvalue weighted by molar-refractivity contribution is 0.105. The molecule has 0 amide bonds. The molecule has 0 unspecified atom stereocenters. The number of carbonyl (C=O) groups is 1. The molecule has 0 radical (unpaired) electrons. The van der Waals surface area contributed by atoms with Gasteiger partial charge in [-0.25, -0.2) is 0 Å². The Hall–Kier alpha value is -1.06. The zero-order valence-corrected chi connectivity index (χ0v) is 9.88. The Morgan fingerprint density at radius 2 is 2.07 bits per heavy atom. The minimum absolute atomic E-state index is 0.159. The molecule has 0 aliphatic rings. The van der Waals surface area contributed by atoms with Crippen molar-refractivity contribution < 1.29 is 9.21 Å². The van der Waals surface area contributed by atoms with Crippen LogP contribution in [-0.4, -0.2) is 5.24 Å². The van der Waals surface area contributed by atoms with E-state index in [9.17, 15) is 4.79 Å². The first-order valence-corrected chi connectivity index (χ1v) is 5.39. The van der Waals surface area contributed by atoms with Gasteiger partial charge in [0.2, 0.25) is 0 Å². The molecule has 0 N–H and O–H groups in total. The third kappa shape index (κ3) is 2.30. The van der Waals surface area contributed by atoms with Crippen molar-refractivity contribution in [1.82, 2.24) is 0 Å². The first-order valence-electron chi connectivity index (χ1n) is 4.22. The van der Waals surface area contributed by atoms with Crippen molar-refractivity contribution >= 4 is 32.8 Å². The van der Waals surface area contributed by atoms with E-state index in [1.807, 2.05) is 24.3 Å². The van der Waals surface area contributed by atoms with E-state index in [2.05, 4.69) is 15.9 Å². The molecular weight excluding hydrogens is 279 g/mol. The van der Waals surface area contributed by atoms with Gasteiger partial charge in [0.1, 0.15) is 5.76 Å². The van der Waals surface area contributed by atoms with E-state index < -0.39 is 5.24 Å². The number of rotatable bonds is 2. The summed E-state index contributed by atoms with van der Waals surface area (Å²) in [6, 6.07) is 10.9. The van der Waals surface area contributed by atoms with Crippen molar-refractivity contribution in [2.24, 2.45) is 0 Å². The van der Waals surface area contributed by atoms with Gasteiger partial charge >= 0.3 is 0 Å². The Kier molecular flexibility index (Phi) is 2.93. The van der Waals surface area contributed by atoms with Crippen LogP contribution in [-0.2, 0) is 0 Å². The maximum atomic E-state index is 10.8. The van der Waals surface area contributed by atoms with Gasteiger partial charge in [-0.2, -0.15) is 0 Å². The predicted octanol–water partition coefficient (Wildman–Crippen LogP) is 4.09. The van der Waals surface area contributed by atoms with E-state index in [1.54, 1.807) is 12.1 Å². The van der Waals surface area contributed by atoms with Crippen LogP contribution < -0.4 is 0 Å². The second-order valence-corrected chi connectivity index (χ2v) is 4.21. The molecule has 1 aromatic heterocycles. The molecule has 0 atom stereocenters. The van der Waals surface area contributed by atoms with Crippen LogP contribution >= 0.6 is 27.5 Å². The molecule has 4 heteroatoms. The quantitative estimate of drug-likeness (QED) is 0.778. The Balaban J connectivity index is 2.41. The summed E-state index contributed by atoms with van der Waals surface area (Å²) in [5.74, 6) is 0.784. The number of hydrogen-bond donors (Lipinski definition) is 0. The lowest BCUT2D eigenvalue weighted by Gasteiger charge is -1.96. The van der Waals surface area contributed by atoms with E-state index in [0.29, 0.717) is 5.76 Å². The van der Waals surface area contributed by atoms with Crippen LogP contribution in [0.4, 0.5) is 0 Å². The Labute approximate surface area is 100.0 Å². The second-order valence-electron chi connectivity index (χ2n) is 2.95.